The number of anilines is 1. The minimum Gasteiger partial charge on any atom is -0.325 e. The van der Waals surface area contributed by atoms with Crippen LogP contribution in [0.4, 0.5) is 5.69 Å². The van der Waals surface area contributed by atoms with Crippen molar-refractivity contribution in [3.63, 3.8) is 0 Å². The Morgan fingerprint density at radius 2 is 2.04 bits per heavy atom. The van der Waals surface area contributed by atoms with E-state index in [1.165, 1.54) is 25.3 Å². The van der Waals surface area contributed by atoms with Gasteiger partial charge in [-0.3, -0.25) is 4.79 Å². The summed E-state index contributed by atoms with van der Waals surface area (Å²) in [6.45, 7) is 1.68. The number of sulfonamides is 1. The van der Waals surface area contributed by atoms with Gasteiger partial charge < -0.3 is 10.6 Å². The minimum absolute atomic E-state index is 0.0448. The summed E-state index contributed by atoms with van der Waals surface area (Å²) < 4.78 is 23.1. The van der Waals surface area contributed by atoms with Crippen LogP contribution in [0.15, 0.2) is 23.1 Å². The molecule has 0 bridgehead atoms. The third-order valence-electron chi connectivity index (χ3n) is 4.94. The van der Waals surface area contributed by atoms with E-state index >= 15 is 0 Å². The topological polar surface area (TPSA) is 101 Å². The molecule has 1 aliphatic heterocycles. The van der Waals surface area contributed by atoms with Crippen LogP contribution in [-0.2, 0) is 14.8 Å². The van der Waals surface area contributed by atoms with Gasteiger partial charge in [0.05, 0.1) is 10.9 Å². The Bertz CT molecular complexity index is 703. The number of nitrogens with one attached hydrogen (secondary N) is 2. The fraction of sp³-hybridized carbons (Fsp3) is 0.562. The highest BCUT2D eigenvalue weighted by atomic mass is 32.2. The van der Waals surface area contributed by atoms with Gasteiger partial charge in [-0.1, -0.05) is 18.9 Å². The van der Waals surface area contributed by atoms with E-state index in [2.05, 4.69) is 10.6 Å². The highest BCUT2D eigenvalue weighted by molar-refractivity contribution is 7.89. The number of benzene rings is 1. The number of aryl methyl sites for hydroxylation is 1. The van der Waals surface area contributed by atoms with E-state index in [0.29, 0.717) is 23.2 Å². The fourth-order valence-electron chi connectivity index (χ4n) is 3.73. The molecule has 3 unspecified atom stereocenters. The number of fused-ring (bicyclic) bond motifs is 1. The summed E-state index contributed by atoms with van der Waals surface area (Å²) >= 11 is 0. The number of hydrogen-bond acceptors (Lipinski definition) is 4. The highest BCUT2D eigenvalue weighted by Crippen LogP contribution is 2.33. The lowest BCUT2D eigenvalue weighted by Crippen LogP contribution is -2.39. The van der Waals surface area contributed by atoms with E-state index in [0.717, 1.165) is 12.8 Å². The van der Waals surface area contributed by atoms with Gasteiger partial charge in [0.2, 0.25) is 15.9 Å². The lowest BCUT2D eigenvalue weighted by Gasteiger charge is -2.24. The Morgan fingerprint density at radius 1 is 1.30 bits per heavy atom. The van der Waals surface area contributed by atoms with Gasteiger partial charge in [0, 0.05) is 11.7 Å². The second-order valence-corrected chi connectivity index (χ2v) is 8.15. The molecule has 7 heteroatoms. The number of rotatable bonds is 3. The van der Waals surface area contributed by atoms with Crippen LogP contribution in [0, 0.1) is 12.8 Å². The highest BCUT2D eigenvalue weighted by Gasteiger charge is 2.38. The van der Waals surface area contributed by atoms with Crippen LogP contribution in [0.1, 0.15) is 37.7 Å². The first-order chi connectivity index (χ1) is 10.8. The average Bonchev–Trinajstić information content (AvgIpc) is 2.92. The minimum atomic E-state index is -3.79. The Balaban J connectivity index is 1.71. The summed E-state index contributed by atoms with van der Waals surface area (Å²) in [7, 11) is -3.79. The Labute approximate surface area is 136 Å². The maximum atomic E-state index is 12.4. The number of nitrogens with two attached hydrogens (primary N) is 1. The summed E-state index contributed by atoms with van der Waals surface area (Å²) in [6.07, 6.45) is 5.63. The molecule has 1 aromatic carbocycles. The third kappa shape index (κ3) is 3.57. The number of carbonyl (C=O) groups is 1. The molecule has 4 N–H and O–H groups in total. The molecular formula is C16H23N3O3S. The number of hydrogen-bond donors (Lipinski definition) is 3. The zero-order valence-electron chi connectivity index (χ0n) is 13.2. The van der Waals surface area contributed by atoms with Crippen LogP contribution in [0.3, 0.4) is 0 Å². The maximum Gasteiger partial charge on any atom is 0.241 e. The summed E-state index contributed by atoms with van der Waals surface area (Å²) in [5.41, 5.74) is 1.02. The van der Waals surface area contributed by atoms with Crippen LogP contribution in [0.5, 0.6) is 0 Å². The van der Waals surface area contributed by atoms with Gasteiger partial charge in [-0.2, -0.15) is 0 Å². The standard InChI is InChI=1S/C16H23N3O3S/c1-10-6-7-12(9-15(10)23(17,21)22)18-16(20)14-8-11-4-2-3-5-13(11)19-14/h6-7,9,11,13-14,19H,2-5,8H2,1H3,(H,18,20)(H2,17,21,22). The molecule has 3 atom stereocenters. The molecule has 3 rings (SSSR count). The Hall–Kier alpha value is -1.44. The van der Waals surface area contributed by atoms with Gasteiger partial charge in [-0.25, -0.2) is 13.6 Å². The normalized spacial score (nSPS) is 27.5. The number of carbonyl (C=O) groups excluding carboxylic acids is 1. The van der Waals surface area contributed by atoms with Crippen molar-refractivity contribution in [3.05, 3.63) is 23.8 Å². The molecule has 1 aliphatic carbocycles. The molecule has 1 heterocycles. The number of amides is 1. The van der Waals surface area contributed by atoms with E-state index in [1.807, 2.05) is 0 Å². The van der Waals surface area contributed by atoms with Crippen LogP contribution < -0.4 is 15.8 Å². The van der Waals surface area contributed by atoms with Crippen LogP contribution in [0.2, 0.25) is 0 Å². The van der Waals surface area contributed by atoms with E-state index < -0.39 is 10.0 Å². The van der Waals surface area contributed by atoms with E-state index in [9.17, 15) is 13.2 Å². The number of primary sulfonamides is 1. The fourth-order valence-corrected chi connectivity index (χ4v) is 4.54. The summed E-state index contributed by atoms with van der Waals surface area (Å²) in [5.74, 6) is 0.473. The Morgan fingerprint density at radius 3 is 2.74 bits per heavy atom. The molecule has 1 aromatic rings. The first-order valence-corrected chi connectivity index (χ1v) is 9.59. The largest absolute Gasteiger partial charge is 0.325 e. The molecule has 1 saturated heterocycles. The zero-order valence-corrected chi connectivity index (χ0v) is 14.0. The summed E-state index contributed by atoms with van der Waals surface area (Å²) in [4.78, 5) is 12.5. The predicted molar refractivity (Wildman–Crippen MR) is 88.5 cm³/mol. The van der Waals surface area contributed by atoms with E-state index in [4.69, 9.17) is 5.14 Å². The maximum absolute atomic E-state index is 12.4. The molecule has 2 aliphatic rings. The molecule has 0 radical (unpaired) electrons. The van der Waals surface area contributed by atoms with Crippen molar-refractivity contribution in [3.8, 4) is 0 Å². The first kappa shape index (κ1) is 16.4. The van der Waals surface area contributed by atoms with Crippen molar-refractivity contribution in [2.24, 2.45) is 11.1 Å². The lowest BCUT2D eigenvalue weighted by atomic mass is 9.85. The molecular weight excluding hydrogens is 314 g/mol. The van der Waals surface area contributed by atoms with Crippen molar-refractivity contribution in [2.75, 3.05) is 5.32 Å². The molecule has 1 saturated carbocycles. The van der Waals surface area contributed by atoms with Crippen molar-refractivity contribution in [2.45, 2.75) is 56.0 Å². The zero-order chi connectivity index (χ0) is 16.6. The predicted octanol–water partition coefficient (Wildman–Crippen LogP) is 1.50. The van der Waals surface area contributed by atoms with Gasteiger partial charge in [0.25, 0.3) is 0 Å². The second-order valence-electron chi connectivity index (χ2n) is 6.62. The second kappa shape index (κ2) is 6.22. The summed E-state index contributed by atoms with van der Waals surface area (Å²) in [6, 6.07) is 5.01. The van der Waals surface area contributed by atoms with Crippen molar-refractivity contribution in [1.29, 1.82) is 0 Å². The molecule has 0 aromatic heterocycles. The van der Waals surface area contributed by atoms with Gasteiger partial charge in [-0.05, 0) is 49.8 Å². The molecule has 6 nitrogen and oxygen atoms in total. The average molecular weight is 337 g/mol. The van der Waals surface area contributed by atoms with Crippen LogP contribution >= 0.6 is 0 Å². The first-order valence-electron chi connectivity index (χ1n) is 8.05. The Kier molecular flexibility index (Phi) is 4.44. The van der Waals surface area contributed by atoms with Crippen LogP contribution in [-0.4, -0.2) is 26.4 Å². The molecule has 126 valence electrons. The lowest BCUT2D eigenvalue weighted by molar-refractivity contribution is -0.117. The molecule has 1 amide bonds. The third-order valence-corrected chi connectivity index (χ3v) is 5.99. The molecule has 23 heavy (non-hydrogen) atoms. The molecule has 2 fully saturated rings. The SMILES string of the molecule is Cc1ccc(NC(=O)C2CC3CCCCC3N2)cc1S(N)(=O)=O. The van der Waals surface area contributed by atoms with Gasteiger partial charge >= 0.3 is 0 Å². The van der Waals surface area contributed by atoms with Gasteiger partial charge in [0.15, 0.2) is 0 Å². The van der Waals surface area contributed by atoms with Gasteiger partial charge in [0.1, 0.15) is 0 Å². The van der Waals surface area contributed by atoms with E-state index in [-0.39, 0.29) is 16.8 Å². The molecule has 0 spiro atoms. The van der Waals surface area contributed by atoms with Gasteiger partial charge in [-0.15, -0.1) is 0 Å². The smallest absolute Gasteiger partial charge is 0.241 e. The van der Waals surface area contributed by atoms with Crippen molar-refractivity contribution in [1.82, 2.24) is 5.32 Å². The summed E-state index contributed by atoms with van der Waals surface area (Å²) in [5, 5.41) is 11.4. The monoisotopic (exact) mass is 337 g/mol. The van der Waals surface area contributed by atoms with Crippen molar-refractivity contribution >= 4 is 21.6 Å². The van der Waals surface area contributed by atoms with E-state index in [1.54, 1.807) is 19.1 Å². The van der Waals surface area contributed by atoms with Crippen LogP contribution in [0.25, 0.3) is 0 Å². The van der Waals surface area contributed by atoms with Crippen molar-refractivity contribution < 1.29 is 13.2 Å². The quantitative estimate of drug-likeness (QED) is 0.778.